The van der Waals surface area contributed by atoms with Crippen LogP contribution >= 0.6 is 0 Å². The van der Waals surface area contributed by atoms with Gasteiger partial charge in [0.2, 0.25) is 0 Å². The number of benzene rings is 1. The van der Waals surface area contributed by atoms with E-state index in [9.17, 15) is 4.39 Å². The molecule has 0 bridgehead atoms. The van der Waals surface area contributed by atoms with Crippen LogP contribution in [-0.2, 0) is 9.47 Å². The SMILES string of the molecule is CNC(c1ccc(OC)c(F)c1)C1(OC)CCOCC1. The topological polar surface area (TPSA) is 39.7 Å². The van der Waals surface area contributed by atoms with Gasteiger partial charge in [-0.2, -0.15) is 0 Å². The summed E-state index contributed by atoms with van der Waals surface area (Å²) in [5.74, 6) is -0.106. The molecular formula is C15H22FNO3. The number of ether oxygens (including phenoxy) is 3. The maximum Gasteiger partial charge on any atom is 0.165 e. The molecule has 1 atom stereocenters. The second-order valence-corrected chi connectivity index (χ2v) is 5.00. The first kappa shape index (κ1) is 15.2. The molecule has 1 heterocycles. The maximum atomic E-state index is 13.9. The number of rotatable bonds is 5. The van der Waals surface area contributed by atoms with Crippen LogP contribution in [-0.4, -0.2) is 40.1 Å². The van der Waals surface area contributed by atoms with Gasteiger partial charge in [-0.3, -0.25) is 0 Å². The number of hydrogen-bond acceptors (Lipinski definition) is 4. The van der Waals surface area contributed by atoms with Crippen molar-refractivity contribution < 1.29 is 18.6 Å². The molecule has 0 saturated carbocycles. The Morgan fingerprint density at radius 3 is 2.50 bits per heavy atom. The molecule has 4 nitrogen and oxygen atoms in total. The van der Waals surface area contributed by atoms with Crippen molar-refractivity contribution in [1.82, 2.24) is 5.32 Å². The number of methoxy groups -OCH3 is 2. The third-order valence-corrected chi connectivity index (χ3v) is 4.07. The van der Waals surface area contributed by atoms with Gasteiger partial charge in [0.15, 0.2) is 11.6 Å². The second-order valence-electron chi connectivity index (χ2n) is 5.00. The van der Waals surface area contributed by atoms with Crippen LogP contribution in [0.3, 0.4) is 0 Å². The highest BCUT2D eigenvalue weighted by Gasteiger charge is 2.41. The Bertz CT molecular complexity index is 447. The maximum absolute atomic E-state index is 13.9. The van der Waals surface area contributed by atoms with E-state index in [-0.39, 0.29) is 23.2 Å². The molecule has 0 amide bonds. The Morgan fingerprint density at radius 1 is 1.30 bits per heavy atom. The molecule has 1 fully saturated rings. The second kappa shape index (κ2) is 6.52. The van der Waals surface area contributed by atoms with Crippen LogP contribution < -0.4 is 10.1 Å². The molecule has 0 spiro atoms. The lowest BCUT2D eigenvalue weighted by Gasteiger charge is -2.42. The zero-order valence-corrected chi connectivity index (χ0v) is 12.2. The highest BCUT2D eigenvalue weighted by atomic mass is 19.1. The molecule has 1 N–H and O–H groups in total. The van der Waals surface area contributed by atoms with Crippen molar-refractivity contribution in [2.24, 2.45) is 0 Å². The highest BCUT2D eigenvalue weighted by Crippen LogP contribution is 2.38. The fourth-order valence-corrected chi connectivity index (χ4v) is 2.92. The van der Waals surface area contributed by atoms with Gasteiger partial charge in [0, 0.05) is 33.2 Å². The molecule has 1 unspecified atom stereocenters. The van der Waals surface area contributed by atoms with E-state index in [2.05, 4.69) is 5.32 Å². The van der Waals surface area contributed by atoms with Crippen LogP contribution in [0.4, 0.5) is 4.39 Å². The van der Waals surface area contributed by atoms with Gasteiger partial charge in [-0.05, 0) is 24.7 Å². The summed E-state index contributed by atoms with van der Waals surface area (Å²) in [5.41, 5.74) is 0.489. The zero-order valence-electron chi connectivity index (χ0n) is 12.2. The lowest BCUT2D eigenvalue weighted by Crippen LogP contribution is -2.48. The van der Waals surface area contributed by atoms with Gasteiger partial charge in [0.05, 0.1) is 18.8 Å². The molecule has 1 saturated heterocycles. The first-order valence-corrected chi connectivity index (χ1v) is 6.80. The van der Waals surface area contributed by atoms with Crippen LogP contribution in [0.5, 0.6) is 5.75 Å². The van der Waals surface area contributed by atoms with Crippen molar-refractivity contribution in [3.63, 3.8) is 0 Å². The van der Waals surface area contributed by atoms with E-state index in [1.165, 1.54) is 13.2 Å². The minimum absolute atomic E-state index is 0.0863. The van der Waals surface area contributed by atoms with E-state index in [4.69, 9.17) is 14.2 Å². The Balaban J connectivity index is 2.33. The lowest BCUT2D eigenvalue weighted by molar-refractivity contribution is -0.110. The standard InChI is InChI=1S/C15H22FNO3/c1-17-14(15(19-3)6-8-20-9-7-15)11-4-5-13(18-2)12(16)10-11/h4-5,10,14,17H,6-9H2,1-3H3. The fourth-order valence-electron chi connectivity index (χ4n) is 2.92. The third kappa shape index (κ3) is 2.80. The molecule has 1 aromatic rings. The first-order chi connectivity index (χ1) is 9.66. The van der Waals surface area contributed by atoms with Crippen molar-refractivity contribution in [3.8, 4) is 5.75 Å². The molecule has 0 aliphatic carbocycles. The summed E-state index contributed by atoms with van der Waals surface area (Å²) in [6.07, 6.45) is 1.56. The highest BCUT2D eigenvalue weighted by molar-refractivity contribution is 5.32. The van der Waals surface area contributed by atoms with E-state index in [0.717, 1.165) is 18.4 Å². The van der Waals surface area contributed by atoms with Crippen molar-refractivity contribution >= 4 is 0 Å². The molecule has 1 aromatic carbocycles. The van der Waals surface area contributed by atoms with Gasteiger partial charge in [0.25, 0.3) is 0 Å². The zero-order chi connectivity index (χ0) is 14.6. The molecule has 1 aliphatic rings. The molecule has 112 valence electrons. The fraction of sp³-hybridized carbons (Fsp3) is 0.600. The van der Waals surface area contributed by atoms with Gasteiger partial charge < -0.3 is 19.5 Å². The summed E-state index contributed by atoms with van der Waals surface area (Å²) in [5, 5.41) is 3.26. The summed E-state index contributed by atoms with van der Waals surface area (Å²) >= 11 is 0. The predicted molar refractivity (Wildman–Crippen MR) is 74.5 cm³/mol. The first-order valence-electron chi connectivity index (χ1n) is 6.80. The Morgan fingerprint density at radius 2 is 2.00 bits per heavy atom. The average molecular weight is 283 g/mol. The van der Waals surface area contributed by atoms with Crippen molar-refractivity contribution in [2.75, 3.05) is 34.5 Å². The van der Waals surface area contributed by atoms with Crippen molar-refractivity contribution in [2.45, 2.75) is 24.5 Å². The number of nitrogens with one attached hydrogen (secondary N) is 1. The van der Waals surface area contributed by atoms with Crippen LogP contribution in [0.2, 0.25) is 0 Å². The number of halogens is 1. The minimum Gasteiger partial charge on any atom is -0.494 e. The summed E-state index contributed by atoms with van der Waals surface area (Å²) < 4.78 is 30.1. The van der Waals surface area contributed by atoms with Gasteiger partial charge in [-0.25, -0.2) is 4.39 Å². The van der Waals surface area contributed by atoms with E-state index < -0.39 is 0 Å². The minimum atomic E-state index is -0.367. The molecule has 20 heavy (non-hydrogen) atoms. The Labute approximate surface area is 119 Å². The van der Waals surface area contributed by atoms with Gasteiger partial charge in [-0.15, -0.1) is 0 Å². The molecule has 0 aromatic heterocycles. The summed E-state index contributed by atoms with van der Waals surface area (Å²) in [6, 6.07) is 4.95. The number of hydrogen-bond donors (Lipinski definition) is 1. The largest absolute Gasteiger partial charge is 0.494 e. The molecule has 2 rings (SSSR count). The van der Waals surface area contributed by atoms with Crippen LogP contribution in [0.1, 0.15) is 24.4 Å². The van der Waals surface area contributed by atoms with Crippen LogP contribution in [0, 0.1) is 5.82 Å². The van der Waals surface area contributed by atoms with Gasteiger partial charge in [0.1, 0.15) is 0 Å². The van der Waals surface area contributed by atoms with E-state index in [1.54, 1.807) is 13.2 Å². The monoisotopic (exact) mass is 283 g/mol. The Hall–Kier alpha value is -1.17. The van der Waals surface area contributed by atoms with Crippen molar-refractivity contribution in [1.29, 1.82) is 0 Å². The summed E-state index contributed by atoms with van der Waals surface area (Å²) in [6.45, 7) is 1.31. The molecular weight excluding hydrogens is 261 g/mol. The smallest absolute Gasteiger partial charge is 0.165 e. The Kier molecular flexibility index (Phi) is 4.96. The summed E-state index contributed by atoms with van der Waals surface area (Å²) in [7, 11) is 5.03. The molecule has 5 heteroatoms. The van der Waals surface area contributed by atoms with Gasteiger partial charge >= 0.3 is 0 Å². The quantitative estimate of drug-likeness (QED) is 0.900. The van der Waals surface area contributed by atoms with E-state index >= 15 is 0 Å². The van der Waals surface area contributed by atoms with Gasteiger partial charge in [-0.1, -0.05) is 6.07 Å². The molecule has 0 radical (unpaired) electrons. The van der Waals surface area contributed by atoms with E-state index in [1.807, 2.05) is 13.1 Å². The lowest BCUT2D eigenvalue weighted by atomic mass is 9.82. The number of likely N-dealkylation sites (N-methyl/N-ethyl adjacent to an activating group) is 1. The average Bonchev–Trinajstić information content (AvgIpc) is 2.49. The van der Waals surface area contributed by atoms with E-state index in [0.29, 0.717) is 13.2 Å². The van der Waals surface area contributed by atoms with Crippen molar-refractivity contribution in [3.05, 3.63) is 29.6 Å². The molecule has 1 aliphatic heterocycles. The van der Waals surface area contributed by atoms with Crippen LogP contribution in [0.15, 0.2) is 18.2 Å². The van der Waals surface area contributed by atoms with Crippen LogP contribution in [0.25, 0.3) is 0 Å². The third-order valence-electron chi connectivity index (χ3n) is 4.07. The normalized spacial score (nSPS) is 19.6. The predicted octanol–water partition coefficient (Wildman–Crippen LogP) is 2.29. The summed E-state index contributed by atoms with van der Waals surface area (Å²) in [4.78, 5) is 0.